The third-order valence-corrected chi connectivity index (χ3v) is 4.32. The Morgan fingerprint density at radius 1 is 1.33 bits per heavy atom. The van der Waals surface area contributed by atoms with E-state index in [1.54, 1.807) is 18.9 Å². The van der Waals surface area contributed by atoms with E-state index in [1.807, 2.05) is 23.1 Å². The Kier molecular flexibility index (Phi) is 4.93. The SMILES string of the molecule is COc1ccc(OC)c(C2CCCN2C(=O)CCn2cnnn2)c1. The van der Waals surface area contributed by atoms with Gasteiger partial charge in [0.2, 0.25) is 5.91 Å². The van der Waals surface area contributed by atoms with Crippen molar-refractivity contribution in [3.8, 4) is 11.5 Å². The van der Waals surface area contributed by atoms with Crippen LogP contribution < -0.4 is 9.47 Å². The van der Waals surface area contributed by atoms with E-state index in [2.05, 4.69) is 15.5 Å². The van der Waals surface area contributed by atoms with Gasteiger partial charge in [0.05, 0.1) is 26.8 Å². The zero-order valence-corrected chi connectivity index (χ0v) is 13.9. The van der Waals surface area contributed by atoms with Crippen LogP contribution in [0.4, 0.5) is 0 Å². The molecule has 0 radical (unpaired) electrons. The van der Waals surface area contributed by atoms with E-state index >= 15 is 0 Å². The first-order valence-electron chi connectivity index (χ1n) is 7.95. The van der Waals surface area contributed by atoms with Gasteiger partial charge in [-0.05, 0) is 41.5 Å². The summed E-state index contributed by atoms with van der Waals surface area (Å²) in [6, 6.07) is 5.71. The van der Waals surface area contributed by atoms with E-state index in [0.717, 1.165) is 36.4 Å². The monoisotopic (exact) mass is 331 g/mol. The molecule has 1 fully saturated rings. The van der Waals surface area contributed by atoms with Crippen LogP contribution in [0.5, 0.6) is 11.5 Å². The van der Waals surface area contributed by atoms with Crippen molar-refractivity contribution in [3.63, 3.8) is 0 Å². The molecule has 1 saturated heterocycles. The number of likely N-dealkylation sites (tertiary alicyclic amines) is 1. The molecule has 128 valence electrons. The number of hydrogen-bond donors (Lipinski definition) is 0. The van der Waals surface area contributed by atoms with Crippen molar-refractivity contribution in [1.82, 2.24) is 25.1 Å². The van der Waals surface area contributed by atoms with E-state index in [9.17, 15) is 4.79 Å². The molecule has 1 aromatic heterocycles. The molecule has 2 aromatic rings. The average Bonchev–Trinajstić information content (AvgIpc) is 3.30. The normalized spacial score (nSPS) is 17.1. The Bertz CT molecular complexity index is 689. The lowest BCUT2D eigenvalue weighted by Crippen LogP contribution is -2.31. The van der Waals surface area contributed by atoms with Gasteiger partial charge in [-0.1, -0.05) is 0 Å². The van der Waals surface area contributed by atoms with Gasteiger partial charge >= 0.3 is 0 Å². The molecule has 1 aliphatic rings. The van der Waals surface area contributed by atoms with Gasteiger partial charge in [-0.3, -0.25) is 4.79 Å². The Balaban J connectivity index is 1.76. The van der Waals surface area contributed by atoms with Crippen molar-refractivity contribution in [2.75, 3.05) is 20.8 Å². The molecule has 1 aromatic carbocycles. The number of nitrogens with zero attached hydrogens (tertiary/aromatic N) is 5. The van der Waals surface area contributed by atoms with Gasteiger partial charge in [0.15, 0.2) is 0 Å². The fourth-order valence-electron chi connectivity index (χ4n) is 3.12. The molecule has 0 bridgehead atoms. The quantitative estimate of drug-likeness (QED) is 0.797. The highest BCUT2D eigenvalue weighted by atomic mass is 16.5. The maximum Gasteiger partial charge on any atom is 0.224 e. The number of carbonyl (C=O) groups is 1. The van der Waals surface area contributed by atoms with Crippen LogP contribution in [0.1, 0.15) is 30.9 Å². The molecule has 0 spiro atoms. The lowest BCUT2D eigenvalue weighted by Gasteiger charge is -2.26. The molecule has 8 nitrogen and oxygen atoms in total. The van der Waals surface area contributed by atoms with Crippen molar-refractivity contribution in [2.24, 2.45) is 0 Å². The Hall–Kier alpha value is -2.64. The van der Waals surface area contributed by atoms with Gasteiger partial charge in [0.1, 0.15) is 17.8 Å². The summed E-state index contributed by atoms with van der Waals surface area (Å²) in [5.41, 5.74) is 0.991. The molecule has 3 rings (SSSR count). The van der Waals surface area contributed by atoms with E-state index in [-0.39, 0.29) is 11.9 Å². The van der Waals surface area contributed by atoms with Crippen LogP contribution in [0.25, 0.3) is 0 Å². The van der Waals surface area contributed by atoms with Gasteiger partial charge in [-0.25, -0.2) is 4.68 Å². The highest BCUT2D eigenvalue weighted by molar-refractivity contribution is 5.77. The third-order valence-electron chi connectivity index (χ3n) is 4.32. The van der Waals surface area contributed by atoms with E-state index in [4.69, 9.17) is 9.47 Å². The Morgan fingerprint density at radius 3 is 2.92 bits per heavy atom. The van der Waals surface area contributed by atoms with Gasteiger partial charge in [0.25, 0.3) is 0 Å². The summed E-state index contributed by atoms with van der Waals surface area (Å²) in [6.07, 6.45) is 3.77. The number of aromatic nitrogens is 4. The number of carbonyl (C=O) groups excluding carboxylic acids is 1. The number of hydrogen-bond acceptors (Lipinski definition) is 6. The molecule has 1 amide bonds. The van der Waals surface area contributed by atoms with Crippen molar-refractivity contribution >= 4 is 5.91 Å². The molecule has 0 N–H and O–H groups in total. The van der Waals surface area contributed by atoms with Crippen LogP contribution in [0.15, 0.2) is 24.5 Å². The van der Waals surface area contributed by atoms with Crippen molar-refractivity contribution in [1.29, 1.82) is 0 Å². The van der Waals surface area contributed by atoms with E-state index in [1.165, 1.54) is 6.33 Å². The zero-order chi connectivity index (χ0) is 16.9. The zero-order valence-electron chi connectivity index (χ0n) is 13.9. The molecule has 8 heteroatoms. The Labute approximate surface area is 140 Å². The smallest absolute Gasteiger partial charge is 0.224 e. The first-order valence-corrected chi connectivity index (χ1v) is 7.95. The minimum atomic E-state index is 0.0106. The van der Waals surface area contributed by atoms with Crippen molar-refractivity contribution in [2.45, 2.75) is 31.8 Å². The number of benzene rings is 1. The van der Waals surface area contributed by atoms with Crippen LogP contribution >= 0.6 is 0 Å². The van der Waals surface area contributed by atoms with Crippen LogP contribution in [-0.4, -0.2) is 51.8 Å². The number of amides is 1. The maximum atomic E-state index is 12.7. The lowest BCUT2D eigenvalue weighted by atomic mass is 10.0. The van der Waals surface area contributed by atoms with E-state index in [0.29, 0.717) is 13.0 Å². The molecule has 1 unspecified atom stereocenters. The fraction of sp³-hybridized carbons (Fsp3) is 0.500. The van der Waals surface area contributed by atoms with Gasteiger partial charge < -0.3 is 14.4 Å². The lowest BCUT2D eigenvalue weighted by molar-refractivity contribution is -0.132. The van der Waals surface area contributed by atoms with E-state index < -0.39 is 0 Å². The van der Waals surface area contributed by atoms with Crippen LogP contribution in [-0.2, 0) is 11.3 Å². The molecule has 2 heterocycles. The third kappa shape index (κ3) is 3.32. The summed E-state index contributed by atoms with van der Waals surface area (Å²) in [7, 11) is 3.28. The summed E-state index contributed by atoms with van der Waals surface area (Å²) in [6.45, 7) is 1.23. The summed E-state index contributed by atoms with van der Waals surface area (Å²) >= 11 is 0. The highest BCUT2D eigenvalue weighted by Gasteiger charge is 2.31. The molecular formula is C16H21N5O3. The summed E-state index contributed by atoms with van der Waals surface area (Å²) in [4.78, 5) is 14.6. The number of rotatable bonds is 6. The number of aryl methyl sites for hydroxylation is 1. The predicted octanol–water partition coefficient (Wildman–Crippen LogP) is 1.44. The molecule has 0 aliphatic carbocycles. The number of tetrazole rings is 1. The second kappa shape index (κ2) is 7.29. The number of ether oxygens (including phenoxy) is 2. The predicted molar refractivity (Wildman–Crippen MR) is 85.7 cm³/mol. The number of methoxy groups -OCH3 is 2. The van der Waals surface area contributed by atoms with Crippen LogP contribution in [0.3, 0.4) is 0 Å². The van der Waals surface area contributed by atoms with Crippen molar-refractivity contribution in [3.05, 3.63) is 30.1 Å². The van der Waals surface area contributed by atoms with Crippen LogP contribution in [0, 0.1) is 0 Å². The van der Waals surface area contributed by atoms with Gasteiger partial charge in [-0.2, -0.15) is 0 Å². The molecule has 24 heavy (non-hydrogen) atoms. The average molecular weight is 331 g/mol. The first kappa shape index (κ1) is 16.2. The summed E-state index contributed by atoms with van der Waals surface area (Å²) < 4.78 is 12.4. The van der Waals surface area contributed by atoms with Crippen LogP contribution in [0.2, 0.25) is 0 Å². The van der Waals surface area contributed by atoms with Gasteiger partial charge in [-0.15, -0.1) is 5.10 Å². The fourth-order valence-corrected chi connectivity index (χ4v) is 3.12. The second-order valence-corrected chi connectivity index (χ2v) is 5.68. The molecule has 1 aliphatic heterocycles. The first-order chi connectivity index (χ1) is 11.7. The molecular weight excluding hydrogens is 310 g/mol. The molecule has 1 atom stereocenters. The topological polar surface area (TPSA) is 82.4 Å². The minimum absolute atomic E-state index is 0.0106. The van der Waals surface area contributed by atoms with Crippen molar-refractivity contribution < 1.29 is 14.3 Å². The minimum Gasteiger partial charge on any atom is -0.497 e. The van der Waals surface area contributed by atoms with Gasteiger partial charge in [0, 0.05) is 18.5 Å². The highest BCUT2D eigenvalue weighted by Crippen LogP contribution is 2.39. The Morgan fingerprint density at radius 2 is 2.21 bits per heavy atom. The molecule has 0 saturated carbocycles. The maximum absolute atomic E-state index is 12.7. The second-order valence-electron chi connectivity index (χ2n) is 5.68. The largest absolute Gasteiger partial charge is 0.497 e. The standard InChI is InChI=1S/C16H21N5O3/c1-23-12-5-6-15(24-2)13(10-12)14-4-3-8-21(14)16(22)7-9-20-11-17-18-19-20/h5-6,10-11,14H,3-4,7-9H2,1-2H3. The summed E-state index contributed by atoms with van der Waals surface area (Å²) in [5, 5.41) is 10.9. The summed E-state index contributed by atoms with van der Waals surface area (Å²) in [5.74, 6) is 1.64.